The standard InChI is InChI=1S/C17H24O2/c1-10-8-11(2)13(12(9-10)19-7)14(18)15-16(3,4)17(15,5)6/h8-9,15H,1-7H3. The highest BCUT2D eigenvalue weighted by Gasteiger charge is 2.68. The predicted molar refractivity (Wildman–Crippen MR) is 77.9 cm³/mol. The molecule has 0 amide bonds. The Labute approximate surface area is 116 Å². The quantitative estimate of drug-likeness (QED) is 0.762. The summed E-state index contributed by atoms with van der Waals surface area (Å²) >= 11 is 0. The Morgan fingerprint density at radius 2 is 1.63 bits per heavy atom. The van der Waals surface area contributed by atoms with Crippen LogP contribution in [0.3, 0.4) is 0 Å². The molecule has 0 radical (unpaired) electrons. The number of Topliss-reactive ketones (excluding diaryl/α,β-unsaturated/α-hetero) is 1. The van der Waals surface area contributed by atoms with Crippen molar-refractivity contribution in [3.63, 3.8) is 0 Å². The molecule has 2 rings (SSSR count). The minimum atomic E-state index is 0.0619. The van der Waals surface area contributed by atoms with Crippen molar-refractivity contribution in [1.29, 1.82) is 0 Å². The van der Waals surface area contributed by atoms with Gasteiger partial charge in [-0.2, -0.15) is 0 Å². The van der Waals surface area contributed by atoms with E-state index in [-0.39, 0.29) is 22.5 Å². The fourth-order valence-corrected chi connectivity index (χ4v) is 3.40. The summed E-state index contributed by atoms with van der Waals surface area (Å²) in [6.45, 7) is 12.7. The van der Waals surface area contributed by atoms with Gasteiger partial charge in [-0.05, 0) is 41.9 Å². The molecule has 0 unspecified atom stereocenters. The molecule has 19 heavy (non-hydrogen) atoms. The monoisotopic (exact) mass is 260 g/mol. The number of hydrogen-bond donors (Lipinski definition) is 0. The topological polar surface area (TPSA) is 26.3 Å². The lowest BCUT2D eigenvalue weighted by Gasteiger charge is -2.13. The maximum Gasteiger partial charge on any atom is 0.171 e. The Hall–Kier alpha value is -1.31. The molecule has 1 fully saturated rings. The van der Waals surface area contributed by atoms with Gasteiger partial charge in [0, 0.05) is 5.92 Å². The number of methoxy groups -OCH3 is 1. The van der Waals surface area contributed by atoms with Crippen LogP contribution in [0.15, 0.2) is 12.1 Å². The van der Waals surface area contributed by atoms with Crippen molar-refractivity contribution in [1.82, 2.24) is 0 Å². The van der Waals surface area contributed by atoms with Gasteiger partial charge in [0.25, 0.3) is 0 Å². The third kappa shape index (κ3) is 1.89. The zero-order valence-electron chi connectivity index (χ0n) is 13.0. The Kier molecular flexibility index (Phi) is 3.04. The van der Waals surface area contributed by atoms with E-state index in [1.807, 2.05) is 19.9 Å². The molecule has 1 aromatic rings. The first kappa shape index (κ1) is 14.1. The number of hydrogen-bond acceptors (Lipinski definition) is 2. The molecule has 0 atom stereocenters. The van der Waals surface area contributed by atoms with Crippen LogP contribution in [-0.2, 0) is 0 Å². The highest BCUT2D eigenvalue weighted by atomic mass is 16.5. The summed E-state index contributed by atoms with van der Waals surface area (Å²) in [6, 6.07) is 4.00. The molecule has 104 valence electrons. The molecule has 2 heteroatoms. The summed E-state index contributed by atoms with van der Waals surface area (Å²) in [5.74, 6) is 1.01. The van der Waals surface area contributed by atoms with E-state index in [1.54, 1.807) is 7.11 Å². The molecule has 2 nitrogen and oxygen atoms in total. The molecule has 0 heterocycles. The van der Waals surface area contributed by atoms with Crippen molar-refractivity contribution in [3.8, 4) is 5.75 Å². The van der Waals surface area contributed by atoms with Crippen molar-refractivity contribution in [2.75, 3.05) is 7.11 Å². The second-order valence-electron chi connectivity index (χ2n) is 6.90. The van der Waals surface area contributed by atoms with Gasteiger partial charge in [-0.15, -0.1) is 0 Å². The maximum absolute atomic E-state index is 12.9. The first-order chi connectivity index (χ1) is 8.64. The van der Waals surface area contributed by atoms with Crippen molar-refractivity contribution < 1.29 is 9.53 Å². The third-order valence-corrected chi connectivity index (χ3v) is 5.19. The number of benzene rings is 1. The van der Waals surface area contributed by atoms with Crippen LogP contribution in [0, 0.1) is 30.6 Å². The van der Waals surface area contributed by atoms with Gasteiger partial charge < -0.3 is 4.74 Å². The summed E-state index contributed by atoms with van der Waals surface area (Å²) < 4.78 is 5.42. The van der Waals surface area contributed by atoms with Crippen LogP contribution in [-0.4, -0.2) is 12.9 Å². The summed E-state index contributed by atoms with van der Waals surface area (Å²) in [6.07, 6.45) is 0. The zero-order valence-corrected chi connectivity index (χ0v) is 13.0. The smallest absolute Gasteiger partial charge is 0.171 e. The molecule has 1 aliphatic rings. The molecule has 0 aliphatic heterocycles. The van der Waals surface area contributed by atoms with Gasteiger partial charge in [-0.1, -0.05) is 33.8 Å². The summed E-state index contributed by atoms with van der Waals surface area (Å²) in [5, 5.41) is 0. The van der Waals surface area contributed by atoms with E-state index < -0.39 is 0 Å². The Morgan fingerprint density at radius 3 is 2.05 bits per heavy atom. The molecule has 1 aromatic carbocycles. The van der Waals surface area contributed by atoms with Gasteiger partial charge in [-0.25, -0.2) is 0 Å². The summed E-state index contributed by atoms with van der Waals surface area (Å²) in [7, 11) is 1.63. The van der Waals surface area contributed by atoms with E-state index in [0.717, 1.165) is 16.7 Å². The average Bonchev–Trinajstić information content (AvgIpc) is 2.67. The second-order valence-corrected chi connectivity index (χ2v) is 6.90. The van der Waals surface area contributed by atoms with E-state index in [9.17, 15) is 4.79 Å². The van der Waals surface area contributed by atoms with Gasteiger partial charge in [0.05, 0.1) is 12.7 Å². The zero-order chi connectivity index (χ0) is 14.6. The average molecular weight is 260 g/mol. The van der Waals surface area contributed by atoms with Gasteiger partial charge in [-0.3, -0.25) is 4.79 Å². The van der Waals surface area contributed by atoms with E-state index in [1.165, 1.54) is 0 Å². The van der Waals surface area contributed by atoms with Crippen LogP contribution in [0.1, 0.15) is 49.2 Å². The number of carbonyl (C=O) groups excluding carboxylic acids is 1. The van der Waals surface area contributed by atoms with Crippen LogP contribution in [0.4, 0.5) is 0 Å². The van der Waals surface area contributed by atoms with E-state index in [0.29, 0.717) is 5.75 Å². The van der Waals surface area contributed by atoms with E-state index in [2.05, 4.69) is 33.8 Å². The lowest BCUT2D eigenvalue weighted by Crippen LogP contribution is -2.11. The SMILES string of the molecule is COc1cc(C)cc(C)c1C(=O)C1C(C)(C)C1(C)C. The van der Waals surface area contributed by atoms with Gasteiger partial charge in [0.2, 0.25) is 0 Å². The maximum atomic E-state index is 12.9. The largest absolute Gasteiger partial charge is 0.496 e. The number of ether oxygens (including phenoxy) is 1. The molecular weight excluding hydrogens is 236 g/mol. The minimum Gasteiger partial charge on any atom is -0.496 e. The number of carbonyl (C=O) groups is 1. The van der Waals surface area contributed by atoms with E-state index >= 15 is 0 Å². The van der Waals surface area contributed by atoms with Crippen molar-refractivity contribution in [2.45, 2.75) is 41.5 Å². The Morgan fingerprint density at radius 1 is 1.11 bits per heavy atom. The summed E-state index contributed by atoms with van der Waals surface area (Å²) in [4.78, 5) is 12.9. The Balaban J connectivity index is 2.47. The van der Waals surface area contributed by atoms with Gasteiger partial charge >= 0.3 is 0 Å². The van der Waals surface area contributed by atoms with Crippen molar-refractivity contribution in [3.05, 3.63) is 28.8 Å². The van der Waals surface area contributed by atoms with Gasteiger partial charge in [0.15, 0.2) is 5.78 Å². The van der Waals surface area contributed by atoms with Crippen LogP contribution >= 0.6 is 0 Å². The molecule has 1 aliphatic carbocycles. The molecule has 1 saturated carbocycles. The first-order valence-electron chi connectivity index (χ1n) is 6.84. The second kappa shape index (κ2) is 4.09. The van der Waals surface area contributed by atoms with Crippen LogP contribution in [0.5, 0.6) is 5.75 Å². The van der Waals surface area contributed by atoms with Crippen molar-refractivity contribution in [2.24, 2.45) is 16.7 Å². The highest BCUT2D eigenvalue weighted by molar-refractivity contribution is 6.04. The minimum absolute atomic E-state index is 0.0619. The number of aryl methyl sites for hydroxylation is 2. The van der Waals surface area contributed by atoms with Crippen LogP contribution in [0.25, 0.3) is 0 Å². The van der Waals surface area contributed by atoms with Crippen LogP contribution in [0.2, 0.25) is 0 Å². The molecule has 0 bridgehead atoms. The fraction of sp³-hybridized carbons (Fsp3) is 0.588. The molecule has 0 spiro atoms. The lowest BCUT2D eigenvalue weighted by molar-refractivity contribution is 0.0941. The van der Waals surface area contributed by atoms with Gasteiger partial charge in [0.1, 0.15) is 5.75 Å². The summed E-state index contributed by atoms with van der Waals surface area (Å²) in [5.41, 5.74) is 3.02. The fourth-order valence-electron chi connectivity index (χ4n) is 3.40. The lowest BCUT2D eigenvalue weighted by atomic mass is 9.95. The van der Waals surface area contributed by atoms with Crippen LogP contribution < -0.4 is 4.74 Å². The Bertz CT molecular complexity index is 524. The van der Waals surface area contributed by atoms with Crippen molar-refractivity contribution >= 4 is 5.78 Å². The first-order valence-corrected chi connectivity index (χ1v) is 6.84. The highest BCUT2D eigenvalue weighted by Crippen LogP contribution is 2.69. The molecule has 0 aromatic heterocycles. The number of ketones is 1. The van der Waals surface area contributed by atoms with E-state index in [4.69, 9.17) is 4.74 Å². The third-order valence-electron chi connectivity index (χ3n) is 5.19. The number of rotatable bonds is 3. The normalized spacial score (nSPS) is 20.2. The molecular formula is C17H24O2. The predicted octanol–water partition coefficient (Wildman–Crippen LogP) is 4.18. The molecule has 0 saturated heterocycles. The molecule has 0 N–H and O–H groups in total.